The molecule has 5 atom stereocenters. The van der Waals surface area contributed by atoms with Crippen LogP contribution < -0.4 is 16.8 Å². The quantitative estimate of drug-likeness (QED) is 0.386. The van der Waals surface area contributed by atoms with Crippen LogP contribution in [0.2, 0.25) is 0 Å². The number of carbonyl (C=O) groups is 2. The molecule has 6 N–H and O–H groups in total. The smallest absolute Gasteiger partial charge is 0.337 e. The summed E-state index contributed by atoms with van der Waals surface area (Å²) in [6.45, 7) is 0. The van der Waals surface area contributed by atoms with E-state index in [1.165, 1.54) is 36.1 Å². The fourth-order valence-electron chi connectivity index (χ4n) is 2.96. The number of nitrogens with zero attached hydrogens (tertiary/aromatic N) is 4. The first-order valence-electron chi connectivity index (χ1n) is 8.28. The van der Waals surface area contributed by atoms with E-state index in [1.807, 2.05) is 6.26 Å². The molecule has 13 heteroatoms. The number of nitrogen functional groups attached to an aromatic ring is 1. The summed E-state index contributed by atoms with van der Waals surface area (Å²) >= 11 is 1.40. The average Bonchev–Trinajstić information content (AvgIpc) is 3.24. The van der Waals surface area contributed by atoms with E-state index in [2.05, 4.69) is 20.3 Å². The number of aromatic nitrogens is 4. The van der Waals surface area contributed by atoms with Gasteiger partial charge in [-0.05, 0) is 6.26 Å². The molecule has 0 aliphatic carbocycles. The lowest BCUT2D eigenvalue weighted by Gasteiger charge is -2.22. The van der Waals surface area contributed by atoms with Crippen molar-refractivity contribution in [2.24, 2.45) is 5.73 Å². The number of anilines is 1. The minimum absolute atomic E-state index is 0.161. The Balaban J connectivity index is 1.91. The molecule has 28 heavy (non-hydrogen) atoms. The molecule has 0 saturated carbocycles. The monoisotopic (exact) mass is 411 g/mol. The highest BCUT2D eigenvalue weighted by atomic mass is 32.2. The zero-order valence-electron chi connectivity index (χ0n) is 15.2. The van der Waals surface area contributed by atoms with Gasteiger partial charge in [-0.3, -0.25) is 9.36 Å². The number of hydrogen-bond acceptors (Lipinski definition) is 11. The third-order valence-electron chi connectivity index (χ3n) is 4.36. The van der Waals surface area contributed by atoms with Gasteiger partial charge in [0.15, 0.2) is 23.8 Å². The molecular formula is C15H21N7O5S. The van der Waals surface area contributed by atoms with E-state index in [0.717, 1.165) is 0 Å². The highest BCUT2D eigenvalue weighted by molar-refractivity contribution is 7.98. The van der Waals surface area contributed by atoms with Crippen molar-refractivity contribution in [2.45, 2.75) is 30.5 Å². The molecule has 2 aromatic rings. The second-order valence-electron chi connectivity index (χ2n) is 6.14. The van der Waals surface area contributed by atoms with Crippen molar-refractivity contribution in [2.75, 3.05) is 24.9 Å². The summed E-state index contributed by atoms with van der Waals surface area (Å²) in [5, 5.41) is 13.4. The topological polar surface area (TPSA) is 180 Å². The Hall–Kier alpha value is -2.48. The van der Waals surface area contributed by atoms with E-state index >= 15 is 0 Å². The van der Waals surface area contributed by atoms with Crippen LogP contribution in [0.15, 0.2) is 12.7 Å². The Morgan fingerprint density at radius 1 is 1.46 bits per heavy atom. The number of methoxy groups -OCH3 is 1. The molecule has 1 aliphatic heterocycles. The Morgan fingerprint density at radius 2 is 2.21 bits per heavy atom. The molecule has 3 heterocycles. The van der Waals surface area contributed by atoms with Crippen molar-refractivity contribution < 1.29 is 24.2 Å². The first-order chi connectivity index (χ1) is 13.4. The number of imidazole rings is 1. The van der Waals surface area contributed by atoms with E-state index in [-0.39, 0.29) is 5.82 Å². The van der Waals surface area contributed by atoms with Crippen LogP contribution in [-0.4, -0.2) is 79.9 Å². The maximum Gasteiger partial charge on any atom is 0.337 e. The van der Waals surface area contributed by atoms with Crippen molar-refractivity contribution >= 4 is 40.6 Å². The lowest BCUT2D eigenvalue weighted by atomic mass is 10.1. The minimum atomic E-state index is -1.30. The van der Waals surface area contributed by atoms with Crippen LogP contribution in [0, 0.1) is 0 Å². The fourth-order valence-corrected chi connectivity index (χ4v) is 3.47. The molecule has 1 saturated heterocycles. The number of amides is 1. The van der Waals surface area contributed by atoms with E-state index in [4.69, 9.17) is 20.9 Å². The summed E-state index contributed by atoms with van der Waals surface area (Å²) in [5.41, 5.74) is 12.2. The van der Waals surface area contributed by atoms with E-state index < -0.39 is 42.4 Å². The number of thioether (sulfide) groups is 1. The number of hydrogen-bond donors (Lipinski definition) is 4. The summed E-state index contributed by atoms with van der Waals surface area (Å²) in [5.74, 6) is -0.722. The third-order valence-corrected chi connectivity index (χ3v) is 5.05. The minimum Gasteiger partial charge on any atom is -0.467 e. The van der Waals surface area contributed by atoms with E-state index in [0.29, 0.717) is 16.9 Å². The number of rotatable bonds is 6. The van der Waals surface area contributed by atoms with Gasteiger partial charge in [0.25, 0.3) is 0 Å². The molecule has 0 radical (unpaired) electrons. The Bertz CT molecular complexity index is 878. The molecule has 0 aromatic carbocycles. The maximum atomic E-state index is 12.3. The van der Waals surface area contributed by atoms with Crippen LogP contribution in [0.5, 0.6) is 0 Å². The lowest BCUT2D eigenvalue weighted by molar-refractivity contribution is -0.156. The molecule has 2 aromatic heterocycles. The zero-order valence-corrected chi connectivity index (χ0v) is 16.0. The zero-order chi connectivity index (χ0) is 20.4. The third kappa shape index (κ3) is 3.61. The molecule has 1 fully saturated rings. The van der Waals surface area contributed by atoms with Gasteiger partial charge < -0.3 is 31.4 Å². The largest absolute Gasteiger partial charge is 0.467 e. The lowest BCUT2D eigenvalue weighted by Crippen LogP contribution is -2.54. The average molecular weight is 411 g/mol. The van der Waals surface area contributed by atoms with Crippen molar-refractivity contribution in [1.29, 1.82) is 0 Å². The van der Waals surface area contributed by atoms with Crippen molar-refractivity contribution in [3.8, 4) is 0 Å². The predicted molar refractivity (Wildman–Crippen MR) is 100.0 cm³/mol. The number of nitrogens with two attached hydrogens (primary N) is 2. The van der Waals surface area contributed by atoms with Crippen LogP contribution in [-0.2, 0) is 19.1 Å². The number of fused-ring (bicyclic) bond motifs is 1. The van der Waals surface area contributed by atoms with Gasteiger partial charge in [-0.1, -0.05) is 0 Å². The van der Waals surface area contributed by atoms with Gasteiger partial charge in [0, 0.05) is 5.75 Å². The van der Waals surface area contributed by atoms with Crippen molar-refractivity contribution in [1.82, 2.24) is 24.8 Å². The molecule has 12 nitrogen and oxygen atoms in total. The second-order valence-corrected chi connectivity index (χ2v) is 7.05. The Morgan fingerprint density at radius 3 is 2.89 bits per heavy atom. The summed E-state index contributed by atoms with van der Waals surface area (Å²) in [7, 11) is 1.18. The molecule has 0 bridgehead atoms. The summed E-state index contributed by atoms with van der Waals surface area (Å²) in [4.78, 5) is 36.6. The van der Waals surface area contributed by atoms with Gasteiger partial charge in [-0.2, -0.15) is 11.8 Å². The van der Waals surface area contributed by atoms with E-state index in [1.54, 1.807) is 0 Å². The van der Waals surface area contributed by atoms with Crippen LogP contribution in [0.25, 0.3) is 11.2 Å². The highest BCUT2D eigenvalue weighted by Gasteiger charge is 2.50. The SMILES string of the molecule is COC(=O)C1OC(n2cnc3c(N)ncnc32)C(O)C1NC(=O)C(N)CSC. The molecule has 3 rings (SSSR count). The summed E-state index contributed by atoms with van der Waals surface area (Å²) in [6, 6.07) is -1.88. The van der Waals surface area contributed by atoms with Gasteiger partial charge in [-0.25, -0.2) is 19.7 Å². The van der Waals surface area contributed by atoms with Gasteiger partial charge in [-0.15, -0.1) is 0 Å². The van der Waals surface area contributed by atoms with Crippen LogP contribution in [0.3, 0.4) is 0 Å². The molecule has 1 amide bonds. The molecule has 152 valence electrons. The van der Waals surface area contributed by atoms with Crippen LogP contribution in [0.4, 0.5) is 5.82 Å². The van der Waals surface area contributed by atoms with Gasteiger partial charge in [0.05, 0.1) is 25.5 Å². The number of esters is 1. The van der Waals surface area contributed by atoms with E-state index in [9.17, 15) is 14.7 Å². The molecular weight excluding hydrogens is 390 g/mol. The molecule has 1 aliphatic rings. The molecule has 0 spiro atoms. The van der Waals surface area contributed by atoms with Crippen LogP contribution >= 0.6 is 11.8 Å². The van der Waals surface area contributed by atoms with Crippen molar-refractivity contribution in [3.63, 3.8) is 0 Å². The normalized spacial score (nSPS) is 25.6. The fraction of sp³-hybridized carbons (Fsp3) is 0.533. The number of nitrogens with one attached hydrogen (secondary N) is 1. The van der Waals surface area contributed by atoms with Gasteiger partial charge in [0.1, 0.15) is 17.9 Å². The van der Waals surface area contributed by atoms with Crippen LogP contribution in [0.1, 0.15) is 6.23 Å². The second kappa shape index (κ2) is 8.26. The highest BCUT2D eigenvalue weighted by Crippen LogP contribution is 2.32. The maximum absolute atomic E-state index is 12.3. The number of ether oxygens (including phenoxy) is 2. The number of carbonyl (C=O) groups excluding carboxylic acids is 2. The standard InChI is InChI=1S/C15H21N7O5S/c1-26-15(25)10-7(21-13(24)6(16)3-28-2)9(23)14(27-10)22-5-20-8-11(17)18-4-19-12(8)22/h4-7,9-10,14,23H,3,16H2,1-2H3,(H,21,24)(H2,17,18,19). The van der Waals surface area contributed by atoms with Crippen molar-refractivity contribution in [3.05, 3.63) is 12.7 Å². The Kier molecular flexibility index (Phi) is 5.98. The van der Waals surface area contributed by atoms with Gasteiger partial charge in [0.2, 0.25) is 5.91 Å². The summed E-state index contributed by atoms with van der Waals surface area (Å²) < 4.78 is 11.9. The predicted octanol–water partition coefficient (Wildman–Crippen LogP) is -1.99. The summed E-state index contributed by atoms with van der Waals surface area (Å²) in [6.07, 6.45) is 0.809. The molecule has 5 unspecified atom stereocenters. The number of aliphatic hydroxyl groups is 1. The van der Waals surface area contributed by atoms with Gasteiger partial charge >= 0.3 is 5.97 Å². The Labute approximate surface area is 164 Å². The first kappa shape index (κ1) is 20.3. The first-order valence-corrected chi connectivity index (χ1v) is 9.67. The number of aliphatic hydroxyl groups excluding tert-OH is 1.